The molecule has 1 aromatic carbocycles. The van der Waals surface area contributed by atoms with Gasteiger partial charge >= 0.3 is 0 Å². The molecule has 19 heavy (non-hydrogen) atoms. The van der Waals surface area contributed by atoms with E-state index >= 15 is 0 Å². The molecule has 1 saturated heterocycles. The fourth-order valence-corrected chi connectivity index (χ4v) is 2.77. The molecule has 1 heterocycles. The Kier molecular flexibility index (Phi) is 5.61. The van der Waals surface area contributed by atoms with Crippen LogP contribution in [0.1, 0.15) is 31.2 Å². The van der Waals surface area contributed by atoms with Gasteiger partial charge in [-0.3, -0.25) is 0 Å². The summed E-state index contributed by atoms with van der Waals surface area (Å²) < 4.78 is 18.9. The summed E-state index contributed by atoms with van der Waals surface area (Å²) in [5.74, 6) is -0.228. The monoisotopic (exact) mass is 285 g/mol. The van der Waals surface area contributed by atoms with E-state index in [1.54, 1.807) is 6.07 Å². The molecule has 4 heteroatoms. The third-order valence-corrected chi connectivity index (χ3v) is 4.11. The van der Waals surface area contributed by atoms with Crippen molar-refractivity contribution in [2.24, 2.45) is 0 Å². The highest BCUT2D eigenvalue weighted by molar-refractivity contribution is 6.31. The summed E-state index contributed by atoms with van der Waals surface area (Å²) in [7, 11) is 1.94. The maximum atomic E-state index is 13.2. The molecule has 1 fully saturated rings. The Bertz CT molecular complexity index is 407. The lowest BCUT2D eigenvalue weighted by Gasteiger charge is -2.19. The van der Waals surface area contributed by atoms with Gasteiger partial charge in [-0.15, -0.1) is 0 Å². The van der Waals surface area contributed by atoms with Crippen molar-refractivity contribution in [3.05, 3.63) is 34.6 Å². The highest BCUT2D eigenvalue weighted by Gasteiger charge is 2.18. The molecule has 2 rings (SSSR count). The Labute approximate surface area is 119 Å². The highest BCUT2D eigenvalue weighted by Crippen LogP contribution is 2.22. The Morgan fingerprint density at radius 2 is 2.37 bits per heavy atom. The van der Waals surface area contributed by atoms with Gasteiger partial charge in [0.1, 0.15) is 5.82 Å². The van der Waals surface area contributed by atoms with Crippen molar-refractivity contribution < 1.29 is 9.13 Å². The topological polar surface area (TPSA) is 21.3 Å². The maximum absolute atomic E-state index is 13.2. The molecule has 2 atom stereocenters. The molecule has 0 spiro atoms. The smallest absolute Gasteiger partial charge is 0.123 e. The van der Waals surface area contributed by atoms with Gasteiger partial charge in [-0.25, -0.2) is 4.39 Å². The van der Waals surface area contributed by atoms with Crippen LogP contribution < -0.4 is 5.32 Å². The number of hydrogen-bond donors (Lipinski definition) is 1. The van der Waals surface area contributed by atoms with Crippen LogP contribution in [0.25, 0.3) is 0 Å². The summed E-state index contributed by atoms with van der Waals surface area (Å²) in [5.41, 5.74) is 0.869. The number of halogens is 2. The van der Waals surface area contributed by atoms with Gasteiger partial charge in [-0.05, 0) is 62.9 Å². The number of ether oxygens (including phenoxy) is 1. The van der Waals surface area contributed by atoms with Crippen molar-refractivity contribution in [3.8, 4) is 0 Å². The van der Waals surface area contributed by atoms with Gasteiger partial charge in [-0.2, -0.15) is 0 Å². The lowest BCUT2D eigenvalue weighted by Crippen LogP contribution is -2.29. The minimum absolute atomic E-state index is 0.228. The maximum Gasteiger partial charge on any atom is 0.123 e. The van der Waals surface area contributed by atoms with Gasteiger partial charge in [0, 0.05) is 17.7 Å². The second-order valence-electron chi connectivity index (χ2n) is 5.14. The zero-order chi connectivity index (χ0) is 13.7. The summed E-state index contributed by atoms with van der Waals surface area (Å²) in [6.45, 7) is 0.893. The van der Waals surface area contributed by atoms with E-state index in [9.17, 15) is 4.39 Å². The minimum Gasteiger partial charge on any atom is -0.378 e. The summed E-state index contributed by atoms with van der Waals surface area (Å²) in [6, 6.07) is 4.85. The first-order valence-electron chi connectivity index (χ1n) is 6.92. The zero-order valence-corrected chi connectivity index (χ0v) is 12.0. The lowest BCUT2D eigenvalue weighted by molar-refractivity contribution is 0.0998. The van der Waals surface area contributed by atoms with Crippen LogP contribution in [0.15, 0.2) is 18.2 Å². The second kappa shape index (κ2) is 7.22. The molecule has 0 bridgehead atoms. The number of hydrogen-bond acceptors (Lipinski definition) is 2. The first-order valence-corrected chi connectivity index (χ1v) is 7.29. The van der Waals surface area contributed by atoms with Crippen molar-refractivity contribution in [2.75, 3.05) is 13.7 Å². The van der Waals surface area contributed by atoms with Crippen LogP contribution in [0, 0.1) is 5.82 Å². The minimum atomic E-state index is -0.228. The Hall–Kier alpha value is -0.640. The SMILES string of the molecule is CNC(CCC1CCCO1)Cc1cc(F)ccc1Cl. The Morgan fingerprint density at radius 1 is 1.53 bits per heavy atom. The van der Waals surface area contributed by atoms with Crippen LogP contribution in [0.3, 0.4) is 0 Å². The van der Waals surface area contributed by atoms with Gasteiger partial charge in [-0.1, -0.05) is 11.6 Å². The third kappa shape index (κ3) is 4.44. The van der Waals surface area contributed by atoms with Gasteiger partial charge in [0.2, 0.25) is 0 Å². The van der Waals surface area contributed by atoms with Crippen molar-refractivity contribution >= 4 is 11.6 Å². The van der Waals surface area contributed by atoms with Gasteiger partial charge in [0.05, 0.1) is 6.10 Å². The summed E-state index contributed by atoms with van der Waals surface area (Å²) in [4.78, 5) is 0. The van der Waals surface area contributed by atoms with Crippen LogP contribution in [0.2, 0.25) is 5.02 Å². The second-order valence-corrected chi connectivity index (χ2v) is 5.55. The molecular formula is C15H21ClFNO. The van der Waals surface area contributed by atoms with Gasteiger partial charge in [0.15, 0.2) is 0 Å². The summed E-state index contributed by atoms with van der Waals surface area (Å²) in [6.07, 6.45) is 5.56. The molecule has 2 unspecified atom stereocenters. The lowest BCUT2D eigenvalue weighted by atomic mass is 9.99. The molecule has 106 valence electrons. The van der Waals surface area contributed by atoms with E-state index in [2.05, 4.69) is 5.32 Å². The van der Waals surface area contributed by atoms with Gasteiger partial charge in [0.25, 0.3) is 0 Å². The van der Waals surface area contributed by atoms with Crippen molar-refractivity contribution in [3.63, 3.8) is 0 Å². The number of nitrogens with one attached hydrogen (secondary N) is 1. The molecule has 0 aliphatic carbocycles. The number of benzene rings is 1. The summed E-state index contributed by atoms with van der Waals surface area (Å²) >= 11 is 6.11. The third-order valence-electron chi connectivity index (χ3n) is 3.74. The van der Waals surface area contributed by atoms with E-state index < -0.39 is 0 Å². The van der Waals surface area contributed by atoms with Crippen LogP contribution in [0.5, 0.6) is 0 Å². The van der Waals surface area contributed by atoms with Crippen LogP contribution in [0.4, 0.5) is 4.39 Å². The fourth-order valence-electron chi connectivity index (χ4n) is 2.57. The van der Waals surface area contributed by atoms with E-state index in [-0.39, 0.29) is 5.82 Å². The van der Waals surface area contributed by atoms with Crippen molar-refractivity contribution in [2.45, 2.75) is 44.2 Å². The highest BCUT2D eigenvalue weighted by atomic mass is 35.5. The van der Waals surface area contributed by atoms with Crippen LogP contribution >= 0.6 is 11.6 Å². The zero-order valence-electron chi connectivity index (χ0n) is 11.3. The Morgan fingerprint density at radius 3 is 3.05 bits per heavy atom. The molecule has 0 radical (unpaired) electrons. The number of likely N-dealkylation sites (N-methyl/N-ethyl adjacent to an activating group) is 1. The quantitative estimate of drug-likeness (QED) is 0.863. The van der Waals surface area contributed by atoms with Crippen LogP contribution in [-0.2, 0) is 11.2 Å². The molecule has 0 aromatic heterocycles. The van der Waals surface area contributed by atoms with Crippen LogP contribution in [-0.4, -0.2) is 25.8 Å². The van der Waals surface area contributed by atoms with Crippen molar-refractivity contribution in [1.29, 1.82) is 0 Å². The molecule has 1 aromatic rings. The largest absolute Gasteiger partial charge is 0.378 e. The van der Waals surface area contributed by atoms with E-state index in [1.807, 2.05) is 7.05 Å². The first kappa shape index (κ1) is 14.8. The van der Waals surface area contributed by atoms with E-state index in [4.69, 9.17) is 16.3 Å². The molecule has 1 N–H and O–H groups in total. The average molecular weight is 286 g/mol. The molecule has 0 amide bonds. The molecule has 1 aliphatic rings. The Balaban J connectivity index is 1.88. The van der Waals surface area contributed by atoms with E-state index in [0.717, 1.165) is 37.9 Å². The average Bonchev–Trinajstić information content (AvgIpc) is 2.91. The van der Waals surface area contributed by atoms with Crippen molar-refractivity contribution in [1.82, 2.24) is 5.32 Å². The predicted molar refractivity (Wildman–Crippen MR) is 76.2 cm³/mol. The standard InChI is InChI=1S/C15H21ClFNO/c1-18-13(5-6-14-3-2-8-19-14)10-11-9-12(17)4-7-15(11)16/h4,7,9,13-14,18H,2-3,5-6,8,10H2,1H3. The predicted octanol–water partition coefficient (Wildman–Crippen LogP) is 3.57. The normalized spacial score (nSPS) is 20.7. The first-order chi connectivity index (χ1) is 9.19. The number of rotatable bonds is 6. The fraction of sp³-hybridized carbons (Fsp3) is 0.600. The van der Waals surface area contributed by atoms with E-state index in [0.29, 0.717) is 17.2 Å². The van der Waals surface area contributed by atoms with Gasteiger partial charge < -0.3 is 10.1 Å². The summed E-state index contributed by atoms with van der Waals surface area (Å²) in [5, 5.41) is 3.92. The molecule has 2 nitrogen and oxygen atoms in total. The molecule has 0 saturated carbocycles. The molecular weight excluding hydrogens is 265 g/mol. The van der Waals surface area contributed by atoms with E-state index in [1.165, 1.54) is 18.6 Å². The molecule has 1 aliphatic heterocycles.